The lowest BCUT2D eigenvalue weighted by Crippen LogP contribution is -2.44. The summed E-state index contributed by atoms with van der Waals surface area (Å²) in [6, 6.07) is 9.93. The van der Waals surface area contributed by atoms with E-state index in [4.69, 9.17) is 0 Å². The highest BCUT2D eigenvalue weighted by Gasteiger charge is 2.18. The Morgan fingerprint density at radius 1 is 1.03 bits per heavy atom. The molecule has 4 aromatic rings. The lowest BCUT2D eigenvalue weighted by molar-refractivity contribution is -0.111. The molecule has 0 saturated carbocycles. The molecule has 1 aromatic carbocycles. The molecule has 5 rings (SSSR count). The molecule has 0 unspecified atom stereocenters. The number of likely N-dealkylation sites (N-methyl/N-ethyl adjacent to an activating group) is 1. The van der Waals surface area contributed by atoms with E-state index in [1.54, 1.807) is 21.6 Å². The van der Waals surface area contributed by atoms with Gasteiger partial charge in [-0.05, 0) is 37.4 Å². The fourth-order valence-corrected chi connectivity index (χ4v) is 4.37. The normalized spacial score (nSPS) is 13.6. The minimum Gasteiger partial charge on any atom is -0.367 e. The van der Waals surface area contributed by atoms with Crippen molar-refractivity contribution in [3.8, 4) is 29.0 Å². The highest BCUT2D eigenvalue weighted by Crippen LogP contribution is 2.29. The Balaban J connectivity index is 1.57. The first-order valence-corrected chi connectivity index (χ1v) is 11.9. The van der Waals surface area contributed by atoms with Gasteiger partial charge in [-0.15, -0.1) is 0 Å². The summed E-state index contributed by atoms with van der Waals surface area (Å²) in [5, 5.41) is 21.2. The smallest absolute Gasteiger partial charge is 0.247 e. The molecule has 9 nitrogen and oxygen atoms in total. The van der Waals surface area contributed by atoms with Crippen LogP contribution in [0, 0.1) is 23.2 Å². The van der Waals surface area contributed by atoms with Crippen LogP contribution in [0.3, 0.4) is 0 Å². The number of piperazine rings is 1. The third kappa shape index (κ3) is 4.94. The zero-order chi connectivity index (χ0) is 25.9. The van der Waals surface area contributed by atoms with Crippen molar-refractivity contribution >= 4 is 22.8 Å². The van der Waals surface area contributed by atoms with Crippen LogP contribution in [-0.4, -0.2) is 63.4 Å². The molecule has 3 aromatic heterocycles. The molecule has 184 valence electrons. The van der Waals surface area contributed by atoms with Crippen LogP contribution in [0.25, 0.3) is 16.6 Å². The van der Waals surface area contributed by atoms with E-state index in [1.165, 1.54) is 6.08 Å². The molecule has 1 aliphatic heterocycles. The quantitative estimate of drug-likeness (QED) is 0.349. The van der Waals surface area contributed by atoms with Crippen molar-refractivity contribution in [2.75, 3.05) is 43.4 Å². The van der Waals surface area contributed by atoms with Crippen molar-refractivity contribution in [3.63, 3.8) is 0 Å². The monoisotopic (exact) mass is 490 g/mol. The molecule has 0 bridgehead atoms. The van der Waals surface area contributed by atoms with Crippen LogP contribution in [-0.2, 0) is 11.8 Å². The maximum atomic E-state index is 12.0. The number of benzene rings is 1. The number of pyridine rings is 1. The van der Waals surface area contributed by atoms with Crippen LogP contribution in [0.1, 0.15) is 16.7 Å². The number of amides is 1. The van der Waals surface area contributed by atoms with Crippen LogP contribution < -0.4 is 10.2 Å². The first-order valence-electron chi connectivity index (χ1n) is 11.9. The lowest BCUT2D eigenvalue weighted by atomic mass is 10.1. The number of aromatic nitrogens is 4. The van der Waals surface area contributed by atoms with E-state index < -0.39 is 0 Å². The Hall–Kier alpha value is -4.86. The zero-order valence-corrected chi connectivity index (χ0v) is 20.8. The van der Waals surface area contributed by atoms with Crippen LogP contribution in [0.5, 0.6) is 0 Å². The zero-order valence-electron chi connectivity index (χ0n) is 20.8. The Morgan fingerprint density at radius 2 is 1.84 bits per heavy atom. The molecule has 1 amide bonds. The molecule has 0 radical (unpaired) electrons. The molecule has 1 aliphatic rings. The Labute approximate surface area is 215 Å². The summed E-state index contributed by atoms with van der Waals surface area (Å²) in [7, 11) is 3.97. The number of hydrogen-bond donors (Lipinski definition) is 1. The SMILES string of the molecule is C=CC(=O)Nc1ccc(C#Cc2cc(-c3cnn(C)c3)cn3ncc(C#N)c23)cc1N1CCN(C)CC1. The fraction of sp³-hybridized carbons (Fsp3) is 0.214. The second-order valence-corrected chi connectivity index (χ2v) is 8.97. The van der Waals surface area contributed by atoms with E-state index in [0.717, 1.165) is 54.2 Å². The molecule has 1 fully saturated rings. The van der Waals surface area contributed by atoms with Crippen molar-refractivity contribution in [2.24, 2.45) is 7.05 Å². The van der Waals surface area contributed by atoms with Gasteiger partial charge in [0.25, 0.3) is 0 Å². The molecule has 1 N–H and O–H groups in total. The summed E-state index contributed by atoms with van der Waals surface area (Å²) in [6.07, 6.45) is 8.40. The molecular formula is C28H26N8O. The molecule has 9 heteroatoms. The minimum atomic E-state index is -0.256. The van der Waals surface area contributed by atoms with Crippen LogP contribution in [0.4, 0.5) is 11.4 Å². The number of rotatable bonds is 4. The second-order valence-electron chi connectivity index (χ2n) is 8.97. The van der Waals surface area contributed by atoms with Gasteiger partial charge in [0.1, 0.15) is 6.07 Å². The number of aryl methyl sites for hydroxylation is 1. The number of carbonyl (C=O) groups is 1. The van der Waals surface area contributed by atoms with Gasteiger partial charge < -0.3 is 15.1 Å². The number of nitrogens with one attached hydrogen (secondary N) is 1. The van der Waals surface area contributed by atoms with E-state index in [2.05, 4.69) is 56.9 Å². The van der Waals surface area contributed by atoms with Crippen molar-refractivity contribution in [1.29, 1.82) is 5.26 Å². The van der Waals surface area contributed by atoms with Crippen LogP contribution in [0.15, 0.2) is 61.7 Å². The van der Waals surface area contributed by atoms with E-state index in [1.807, 2.05) is 43.7 Å². The van der Waals surface area contributed by atoms with Crippen molar-refractivity contribution in [1.82, 2.24) is 24.3 Å². The minimum absolute atomic E-state index is 0.256. The van der Waals surface area contributed by atoms with Gasteiger partial charge in [-0.2, -0.15) is 15.5 Å². The van der Waals surface area contributed by atoms with E-state index in [-0.39, 0.29) is 5.91 Å². The topological polar surface area (TPSA) is 94.5 Å². The molecule has 0 spiro atoms. The summed E-state index contributed by atoms with van der Waals surface area (Å²) in [6.45, 7) is 7.12. The molecule has 1 saturated heterocycles. The first-order chi connectivity index (χ1) is 17.9. The molecular weight excluding hydrogens is 464 g/mol. The highest BCUT2D eigenvalue weighted by atomic mass is 16.1. The number of nitriles is 1. The average molecular weight is 491 g/mol. The third-order valence-corrected chi connectivity index (χ3v) is 6.40. The predicted molar refractivity (Wildman–Crippen MR) is 143 cm³/mol. The van der Waals surface area contributed by atoms with Gasteiger partial charge in [0.15, 0.2) is 0 Å². The molecule has 0 atom stereocenters. The van der Waals surface area contributed by atoms with Gasteiger partial charge in [0.05, 0.1) is 40.4 Å². The van der Waals surface area contributed by atoms with Gasteiger partial charge >= 0.3 is 0 Å². The van der Waals surface area contributed by atoms with Gasteiger partial charge in [-0.3, -0.25) is 9.48 Å². The number of fused-ring (bicyclic) bond motifs is 1. The predicted octanol–water partition coefficient (Wildman–Crippen LogP) is 2.88. The summed E-state index contributed by atoms with van der Waals surface area (Å²) in [4.78, 5) is 16.6. The maximum absolute atomic E-state index is 12.0. The van der Waals surface area contributed by atoms with Gasteiger partial charge in [0, 0.05) is 62.3 Å². The molecule has 0 aliphatic carbocycles. The summed E-state index contributed by atoms with van der Waals surface area (Å²) < 4.78 is 3.43. The maximum Gasteiger partial charge on any atom is 0.247 e. The van der Waals surface area contributed by atoms with E-state index in [9.17, 15) is 10.1 Å². The average Bonchev–Trinajstić information content (AvgIpc) is 3.54. The summed E-state index contributed by atoms with van der Waals surface area (Å²) in [5.74, 6) is 6.28. The number of hydrogen-bond acceptors (Lipinski definition) is 6. The van der Waals surface area contributed by atoms with Gasteiger partial charge in [-0.1, -0.05) is 18.4 Å². The standard InChI is InChI=1S/C28H26N8O/c1-4-27(37)32-25-8-6-20(13-26(25)35-11-9-33(2)10-12-35)5-7-21-14-22(24-17-30-34(3)18-24)19-36-28(21)23(15-29)16-31-36/h4,6,8,13-14,16-19H,1,9-12H2,2-3H3,(H,32,37). The lowest BCUT2D eigenvalue weighted by Gasteiger charge is -2.35. The Bertz CT molecular complexity index is 1600. The Morgan fingerprint density at radius 3 is 2.54 bits per heavy atom. The van der Waals surface area contributed by atoms with Crippen LogP contribution >= 0.6 is 0 Å². The second kappa shape index (κ2) is 10.0. The summed E-state index contributed by atoms with van der Waals surface area (Å²) in [5.41, 5.74) is 6.10. The summed E-state index contributed by atoms with van der Waals surface area (Å²) >= 11 is 0. The largest absolute Gasteiger partial charge is 0.367 e. The number of nitrogens with zero attached hydrogens (tertiary/aromatic N) is 7. The van der Waals surface area contributed by atoms with Crippen LogP contribution in [0.2, 0.25) is 0 Å². The van der Waals surface area contributed by atoms with Crippen molar-refractivity contribution in [2.45, 2.75) is 0 Å². The molecule has 37 heavy (non-hydrogen) atoms. The van der Waals surface area contributed by atoms with Crippen molar-refractivity contribution < 1.29 is 4.79 Å². The third-order valence-electron chi connectivity index (χ3n) is 6.40. The first kappa shape index (κ1) is 23.9. The van der Waals surface area contributed by atoms with E-state index >= 15 is 0 Å². The van der Waals surface area contributed by atoms with E-state index in [0.29, 0.717) is 16.6 Å². The van der Waals surface area contributed by atoms with Gasteiger partial charge in [-0.25, -0.2) is 4.52 Å². The fourth-order valence-electron chi connectivity index (χ4n) is 4.37. The number of carbonyl (C=O) groups excluding carboxylic acids is 1. The van der Waals surface area contributed by atoms with Gasteiger partial charge in [0.2, 0.25) is 5.91 Å². The van der Waals surface area contributed by atoms with Crippen molar-refractivity contribution in [3.05, 3.63) is 78.4 Å². The number of anilines is 2. The highest BCUT2D eigenvalue weighted by molar-refractivity contribution is 6.01. The molecule has 4 heterocycles. The Kier molecular flexibility index (Phi) is 6.46.